The lowest BCUT2D eigenvalue weighted by atomic mass is 9.42. The first-order valence-corrected chi connectivity index (χ1v) is 9.97. The van der Waals surface area contributed by atoms with Gasteiger partial charge in [-0.1, -0.05) is 0 Å². The van der Waals surface area contributed by atoms with E-state index in [-0.39, 0.29) is 0 Å². The molecular formula is C21H30. The van der Waals surface area contributed by atoms with E-state index < -0.39 is 0 Å². The van der Waals surface area contributed by atoms with Gasteiger partial charge in [-0.25, -0.2) is 0 Å². The maximum Gasteiger partial charge on any atom is -0.00379 e. The Kier molecular flexibility index (Phi) is 2.31. The molecule has 0 unspecified atom stereocenters. The fraction of sp³-hybridized carbons (Fsp3) is 0.952. The lowest BCUT2D eigenvalue weighted by molar-refractivity contribution is -0.0846. The second kappa shape index (κ2) is 3.90. The average Bonchev–Trinajstić information content (AvgIpc) is 2.33. The molecule has 0 spiro atoms. The quantitative estimate of drug-likeness (QED) is 0.627. The first-order chi connectivity index (χ1) is 10.2. The van der Waals surface area contributed by atoms with Gasteiger partial charge in [0.05, 0.1) is 0 Å². The molecule has 0 saturated heterocycles. The van der Waals surface area contributed by atoms with Crippen LogP contribution in [0.1, 0.15) is 77.0 Å². The van der Waals surface area contributed by atoms with Crippen LogP contribution in [0.2, 0.25) is 0 Å². The van der Waals surface area contributed by atoms with Gasteiger partial charge in [-0.2, -0.15) is 0 Å². The van der Waals surface area contributed by atoms with Crippen molar-refractivity contribution in [2.24, 2.45) is 46.3 Å². The summed E-state index contributed by atoms with van der Waals surface area (Å²) in [5, 5.41) is 0. The normalized spacial score (nSPS) is 63.4. The predicted molar refractivity (Wildman–Crippen MR) is 84.5 cm³/mol. The van der Waals surface area contributed by atoms with Gasteiger partial charge in [-0.3, -0.25) is 0 Å². The van der Waals surface area contributed by atoms with Crippen molar-refractivity contribution in [1.29, 1.82) is 0 Å². The maximum absolute atomic E-state index is 4.47. The molecule has 114 valence electrons. The largest absolute Gasteiger partial charge is 0.0475 e. The first kappa shape index (κ1) is 12.4. The van der Waals surface area contributed by atoms with Crippen LogP contribution in [-0.4, -0.2) is 0 Å². The second-order valence-corrected chi connectivity index (χ2v) is 10.5. The van der Waals surface area contributed by atoms with Crippen LogP contribution in [0.15, 0.2) is 0 Å². The third-order valence-electron chi connectivity index (χ3n) is 8.61. The van der Waals surface area contributed by atoms with Crippen molar-refractivity contribution in [1.82, 2.24) is 0 Å². The van der Waals surface area contributed by atoms with Gasteiger partial charge >= 0.3 is 0 Å². The minimum Gasteiger partial charge on any atom is -0.0475 e. The summed E-state index contributed by atoms with van der Waals surface area (Å²) < 4.78 is 0. The zero-order valence-corrected chi connectivity index (χ0v) is 13.4. The molecule has 8 aliphatic carbocycles. The van der Waals surface area contributed by atoms with Crippen molar-refractivity contribution < 1.29 is 0 Å². The molecule has 0 aliphatic heterocycles. The smallest absolute Gasteiger partial charge is 0.00379 e. The Balaban J connectivity index is 1.31. The molecule has 0 atom stereocenters. The minimum absolute atomic E-state index is 0.598. The zero-order valence-electron chi connectivity index (χ0n) is 13.4. The lowest BCUT2D eigenvalue weighted by Crippen LogP contribution is -2.53. The summed E-state index contributed by atoms with van der Waals surface area (Å²) in [6.07, 6.45) is 23.2. The standard InChI is InChI=1S/C21H30/c1-14-2-16-3-15(1)8-20(7-14,9-16)13-21-10-17-4-18(11-21)6-19(5-17)12-21/h14-19H,1-12H2. The van der Waals surface area contributed by atoms with Gasteiger partial charge < -0.3 is 0 Å². The van der Waals surface area contributed by atoms with Gasteiger partial charge in [0.25, 0.3) is 0 Å². The molecule has 8 bridgehead atoms. The van der Waals surface area contributed by atoms with Crippen molar-refractivity contribution in [3.63, 3.8) is 0 Å². The van der Waals surface area contributed by atoms with Crippen LogP contribution < -0.4 is 0 Å². The van der Waals surface area contributed by atoms with Gasteiger partial charge in [0.2, 0.25) is 0 Å². The molecule has 2 radical (unpaired) electrons. The van der Waals surface area contributed by atoms with Crippen LogP contribution in [0.5, 0.6) is 0 Å². The molecule has 0 heteroatoms. The van der Waals surface area contributed by atoms with Crippen LogP contribution in [0, 0.1) is 52.8 Å². The molecule has 8 saturated carbocycles. The van der Waals surface area contributed by atoms with E-state index in [0.29, 0.717) is 10.8 Å². The Morgan fingerprint density at radius 1 is 0.429 bits per heavy atom. The van der Waals surface area contributed by atoms with Crippen molar-refractivity contribution in [2.75, 3.05) is 0 Å². The van der Waals surface area contributed by atoms with E-state index in [4.69, 9.17) is 0 Å². The van der Waals surface area contributed by atoms with Crippen molar-refractivity contribution in [3.05, 3.63) is 6.42 Å². The SMILES string of the molecule is [C](C12CC3CC(CC(C3)C1)C2)C12CC3CC(CC(C3)C1)C2. The summed E-state index contributed by atoms with van der Waals surface area (Å²) in [7, 11) is 0. The number of rotatable bonds is 2. The Hall–Kier alpha value is 0. The van der Waals surface area contributed by atoms with Gasteiger partial charge in [-0.15, -0.1) is 0 Å². The highest BCUT2D eigenvalue weighted by atomic mass is 14.6. The highest BCUT2D eigenvalue weighted by Crippen LogP contribution is 2.68. The summed E-state index contributed by atoms with van der Waals surface area (Å²) in [6, 6.07) is 0. The zero-order chi connectivity index (χ0) is 13.7. The van der Waals surface area contributed by atoms with Crippen LogP contribution in [-0.2, 0) is 0 Å². The fourth-order valence-electron chi connectivity index (χ4n) is 9.09. The molecule has 0 aromatic heterocycles. The van der Waals surface area contributed by atoms with E-state index in [1.54, 1.807) is 77.0 Å². The van der Waals surface area contributed by atoms with E-state index in [1.165, 1.54) is 0 Å². The average molecular weight is 282 g/mol. The highest BCUT2D eigenvalue weighted by Gasteiger charge is 2.58. The molecule has 0 heterocycles. The second-order valence-electron chi connectivity index (χ2n) is 10.5. The van der Waals surface area contributed by atoms with Crippen LogP contribution in [0.25, 0.3) is 0 Å². The van der Waals surface area contributed by atoms with Crippen molar-refractivity contribution >= 4 is 0 Å². The summed E-state index contributed by atoms with van der Waals surface area (Å²) in [5.41, 5.74) is 1.20. The van der Waals surface area contributed by atoms with Crippen LogP contribution in [0.3, 0.4) is 0 Å². The molecule has 0 aromatic rings. The van der Waals surface area contributed by atoms with Gasteiger partial charge in [0, 0.05) is 0 Å². The van der Waals surface area contributed by atoms with E-state index in [1.807, 2.05) is 0 Å². The van der Waals surface area contributed by atoms with E-state index in [9.17, 15) is 0 Å². The van der Waals surface area contributed by atoms with E-state index >= 15 is 0 Å². The Labute approximate surface area is 130 Å². The highest BCUT2D eigenvalue weighted by molar-refractivity contribution is 5.16. The minimum atomic E-state index is 0.598. The fourth-order valence-corrected chi connectivity index (χ4v) is 9.09. The molecule has 0 amide bonds. The molecular weight excluding hydrogens is 252 g/mol. The Morgan fingerprint density at radius 3 is 0.905 bits per heavy atom. The van der Waals surface area contributed by atoms with Crippen LogP contribution in [0.4, 0.5) is 0 Å². The molecule has 8 fully saturated rings. The van der Waals surface area contributed by atoms with E-state index in [2.05, 4.69) is 6.42 Å². The summed E-state index contributed by atoms with van der Waals surface area (Å²) in [4.78, 5) is 0. The monoisotopic (exact) mass is 282 g/mol. The molecule has 8 aliphatic rings. The summed E-state index contributed by atoms with van der Waals surface area (Å²) >= 11 is 0. The summed E-state index contributed by atoms with van der Waals surface area (Å²) in [5.74, 6) is 6.57. The molecule has 8 rings (SSSR count). The Morgan fingerprint density at radius 2 is 0.667 bits per heavy atom. The molecule has 0 aromatic carbocycles. The van der Waals surface area contributed by atoms with E-state index in [0.717, 1.165) is 35.5 Å². The van der Waals surface area contributed by atoms with Gasteiger partial charge in [0.15, 0.2) is 0 Å². The van der Waals surface area contributed by atoms with Crippen molar-refractivity contribution in [2.45, 2.75) is 77.0 Å². The third-order valence-corrected chi connectivity index (χ3v) is 8.61. The predicted octanol–water partition coefficient (Wildman–Crippen LogP) is 5.50. The first-order valence-electron chi connectivity index (χ1n) is 9.97. The van der Waals surface area contributed by atoms with Crippen molar-refractivity contribution in [3.8, 4) is 0 Å². The topological polar surface area (TPSA) is 0 Å². The third kappa shape index (κ3) is 1.80. The summed E-state index contributed by atoms with van der Waals surface area (Å²) in [6.45, 7) is 0. The molecule has 21 heavy (non-hydrogen) atoms. The number of hydrogen-bond donors (Lipinski definition) is 0. The number of hydrogen-bond acceptors (Lipinski definition) is 0. The molecule has 0 N–H and O–H groups in total. The molecule has 0 nitrogen and oxygen atoms in total. The van der Waals surface area contributed by atoms with Gasteiger partial charge in [0.1, 0.15) is 0 Å². The van der Waals surface area contributed by atoms with Crippen LogP contribution >= 0.6 is 0 Å². The Bertz CT molecular complexity index is 346. The maximum atomic E-state index is 4.47. The van der Waals surface area contributed by atoms with Gasteiger partial charge in [-0.05, 0) is 130 Å². The lowest BCUT2D eigenvalue weighted by Gasteiger charge is -2.63.